The number of hydrogen-bond acceptors (Lipinski definition) is 4. The van der Waals surface area contributed by atoms with Crippen LogP contribution >= 0.6 is 0 Å². The molecule has 1 aliphatic heterocycles. The van der Waals surface area contributed by atoms with Crippen molar-refractivity contribution >= 4 is 5.97 Å². The van der Waals surface area contributed by atoms with Crippen LogP contribution in [0.5, 0.6) is 5.75 Å². The first kappa shape index (κ1) is 14.8. The summed E-state index contributed by atoms with van der Waals surface area (Å²) in [5, 5.41) is 18.5. The van der Waals surface area contributed by atoms with Crippen LogP contribution in [0.1, 0.15) is 18.9 Å². The van der Waals surface area contributed by atoms with Gasteiger partial charge in [-0.25, -0.2) is 0 Å². The molecule has 1 fully saturated rings. The average molecular weight is 279 g/mol. The summed E-state index contributed by atoms with van der Waals surface area (Å²) in [6.07, 6.45) is 1.75. The van der Waals surface area contributed by atoms with Crippen LogP contribution < -0.4 is 0 Å². The van der Waals surface area contributed by atoms with Gasteiger partial charge in [-0.2, -0.15) is 0 Å². The van der Waals surface area contributed by atoms with Crippen molar-refractivity contribution in [1.82, 2.24) is 4.90 Å². The Morgan fingerprint density at radius 3 is 2.80 bits per heavy atom. The largest absolute Gasteiger partial charge is 0.508 e. The van der Waals surface area contributed by atoms with Gasteiger partial charge >= 0.3 is 5.97 Å². The molecule has 2 rings (SSSR count). The van der Waals surface area contributed by atoms with Crippen molar-refractivity contribution < 1.29 is 19.7 Å². The van der Waals surface area contributed by atoms with E-state index in [0.29, 0.717) is 13.2 Å². The minimum absolute atomic E-state index is 0.189. The zero-order chi connectivity index (χ0) is 14.5. The van der Waals surface area contributed by atoms with Gasteiger partial charge in [0.2, 0.25) is 0 Å². The van der Waals surface area contributed by atoms with Gasteiger partial charge in [0.15, 0.2) is 0 Å². The lowest BCUT2D eigenvalue weighted by atomic mass is 10.0. The Morgan fingerprint density at radius 2 is 2.15 bits per heavy atom. The quantitative estimate of drug-likeness (QED) is 0.854. The number of aliphatic carboxylic acids is 1. The average Bonchev–Trinajstić information content (AvgIpc) is 2.46. The molecule has 1 aliphatic rings. The molecule has 0 saturated carbocycles. The molecule has 1 saturated heterocycles. The molecule has 5 heteroatoms. The van der Waals surface area contributed by atoms with E-state index in [1.807, 2.05) is 17.0 Å². The Balaban J connectivity index is 1.91. The summed E-state index contributed by atoms with van der Waals surface area (Å²) >= 11 is 0. The number of nitrogens with zero attached hydrogens (tertiary/aromatic N) is 1. The van der Waals surface area contributed by atoms with Crippen molar-refractivity contribution in [1.29, 1.82) is 0 Å². The molecule has 0 amide bonds. The Morgan fingerprint density at radius 1 is 1.45 bits per heavy atom. The molecular formula is C15H21NO4. The molecule has 1 heterocycles. The number of carboxylic acid groups (broad SMARTS) is 1. The molecule has 1 aromatic rings. The third kappa shape index (κ3) is 3.71. The highest BCUT2D eigenvalue weighted by Gasteiger charge is 2.32. The van der Waals surface area contributed by atoms with E-state index < -0.39 is 12.0 Å². The summed E-state index contributed by atoms with van der Waals surface area (Å²) in [6.45, 7) is 3.57. The first-order valence-corrected chi connectivity index (χ1v) is 6.92. The number of hydrogen-bond donors (Lipinski definition) is 2. The van der Waals surface area contributed by atoms with E-state index in [1.165, 1.54) is 0 Å². The maximum absolute atomic E-state index is 11.2. The Labute approximate surface area is 118 Å². The van der Waals surface area contributed by atoms with E-state index in [1.54, 1.807) is 12.1 Å². The lowest BCUT2D eigenvalue weighted by Crippen LogP contribution is -2.53. The Hall–Kier alpha value is -1.59. The predicted octanol–water partition coefficient (Wildman–Crippen LogP) is 1.50. The Bertz CT molecular complexity index is 446. The SMILES string of the molecule is CC(CCc1ccc(O)cc1)N1CCOCC1C(=O)O. The second-order valence-corrected chi connectivity index (χ2v) is 5.22. The van der Waals surface area contributed by atoms with Crippen LogP contribution in [0.15, 0.2) is 24.3 Å². The molecule has 0 bridgehead atoms. The first-order valence-electron chi connectivity index (χ1n) is 6.92. The number of ether oxygens (including phenoxy) is 1. The van der Waals surface area contributed by atoms with Crippen LogP contribution in [-0.2, 0) is 16.0 Å². The van der Waals surface area contributed by atoms with Crippen molar-refractivity contribution in [2.24, 2.45) is 0 Å². The Kier molecular flexibility index (Phi) is 4.98. The smallest absolute Gasteiger partial charge is 0.323 e. The number of benzene rings is 1. The lowest BCUT2D eigenvalue weighted by molar-refractivity contribution is -0.151. The van der Waals surface area contributed by atoms with Gasteiger partial charge in [-0.15, -0.1) is 0 Å². The fraction of sp³-hybridized carbons (Fsp3) is 0.533. The molecule has 20 heavy (non-hydrogen) atoms. The summed E-state index contributed by atoms with van der Waals surface area (Å²) < 4.78 is 5.25. The molecule has 0 radical (unpaired) electrons. The maximum Gasteiger partial charge on any atom is 0.323 e. The van der Waals surface area contributed by atoms with E-state index in [0.717, 1.165) is 18.4 Å². The summed E-state index contributed by atoms with van der Waals surface area (Å²) in [5.41, 5.74) is 1.15. The highest BCUT2D eigenvalue weighted by molar-refractivity contribution is 5.73. The lowest BCUT2D eigenvalue weighted by Gasteiger charge is -2.37. The molecule has 5 nitrogen and oxygen atoms in total. The molecule has 0 spiro atoms. The molecule has 2 unspecified atom stereocenters. The van der Waals surface area contributed by atoms with Crippen LogP contribution in [0.3, 0.4) is 0 Å². The second-order valence-electron chi connectivity index (χ2n) is 5.22. The topological polar surface area (TPSA) is 70.0 Å². The van der Waals surface area contributed by atoms with Gasteiger partial charge in [-0.05, 0) is 37.5 Å². The molecule has 0 aromatic heterocycles. The van der Waals surface area contributed by atoms with Gasteiger partial charge < -0.3 is 14.9 Å². The number of aryl methyl sites for hydroxylation is 1. The maximum atomic E-state index is 11.2. The minimum atomic E-state index is -0.818. The molecule has 1 aromatic carbocycles. The van der Waals surface area contributed by atoms with E-state index >= 15 is 0 Å². The minimum Gasteiger partial charge on any atom is -0.508 e. The number of carbonyl (C=O) groups is 1. The molecular weight excluding hydrogens is 258 g/mol. The second kappa shape index (κ2) is 6.72. The third-order valence-corrected chi connectivity index (χ3v) is 3.81. The van der Waals surface area contributed by atoms with Crippen molar-refractivity contribution in [3.05, 3.63) is 29.8 Å². The van der Waals surface area contributed by atoms with Crippen LogP contribution in [0.25, 0.3) is 0 Å². The predicted molar refractivity (Wildman–Crippen MR) is 74.8 cm³/mol. The molecule has 2 atom stereocenters. The highest BCUT2D eigenvalue weighted by atomic mass is 16.5. The van der Waals surface area contributed by atoms with Crippen LogP contribution in [0, 0.1) is 0 Å². The van der Waals surface area contributed by atoms with Crippen molar-refractivity contribution in [2.75, 3.05) is 19.8 Å². The van der Waals surface area contributed by atoms with Gasteiger partial charge in [0.1, 0.15) is 11.8 Å². The van der Waals surface area contributed by atoms with Crippen LogP contribution in [0.4, 0.5) is 0 Å². The zero-order valence-electron chi connectivity index (χ0n) is 11.7. The van der Waals surface area contributed by atoms with Crippen molar-refractivity contribution in [2.45, 2.75) is 31.8 Å². The van der Waals surface area contributed by atoms with Gasteiger partial charge in [0.05, 0.1) is 13.2 Å². The summed E-state index contributed by atoms with van der Waals surface area (Å²) in [4.78, 5) is 13.2. The molecule has 110 valence electrons. The summed E-state index contributed by atoms with van der Waals surface area (Å²) in [5.74, 6) is -0.554. The van der Waals surface area contributed by atoms with Crippen LogP contribution in [-0.4, -0.2) is 52.9 Å². The van der Waals surface area contributed by atoms with Crippen LogP contribution in [0.2, 0.25) is 0 Å². The van der Waals surface area contributed by atoms with Gasteiger partial charge in [-0.1, -0.05) is 12.1 Å². The zero-order valence-corrected chi connectivity index (χ0v) is 11.7. The summed E-state index contributed by atoms with van der Waals surface area (Å²) in [7, 11) is 0. The van der Waals surface area contributed by atoms with E-state index in [9.17, 15) is 15.0 Å². The van der Waals surface area contributed by atoms with Crippen molar-refractivity contribution in [3.8, 4) is 5.75 Å². The highest BCUT2D eigenvalue weighted by Crippen LogP contribution is 2.17. The fourth-order valence-electron chi connectivity index (χ4n) is 2.56. The number of phenolic OH excluding ortho intramolecular Hbond substituents is 1. The monoisotopic (exact) mass is 279 g/mol. The number of morpholine rings is 1. The third-order valence-electron chi connectivity index (χ3n) is 3.81. The van der Waals surface area contributed by atoms with Gasteiger partial charge in [0, 0.05) is 12.6 Å². The van der Waals surface area contributed by atoms with Gasteiger partial charge in [-0.3, -0.25) is 9.69 Å². The van der Waals surface area contributed by atoms with Crippen molar-refractivity contribution in [3.63, 3.8) is 0 Å². The molecule has 2 N–H and O–H groups in total. The van der Waals surface area contributed by atoms with E-state index in [4.69, 9.17) is 4.74 Å². The number of aromatic hydroxyl groups is 1. The van der Waals surface area contributed by atoms with E-state index in [2.05, 4.69) is 6.92 Å². The van der Waals surface area contributed by atoms with E-state index in [-0.39, 0.29) is 18.4 Å². The van der Waals surface area contributed by atoms with Gasteiger partial charge in [0.25, 0.3) is 0 Å². The number of rotatable bonds is 5. The summed E-state index contributed by atoms with van der Waals surface area (Å²) in [6, 6.07) is 6.79. The number of phenols is 1. The number of carboxylic acids is 1. The normalized spacial score (nSPS) is 21.6. The first-order chi connectivity index (χ1) is 9.58. The molecule has 0 aliphatic carbocycles. The standard InChI is InChI=1S/C15H21NO4/c1-11(2-3-12-4-6-13(17)7-5-12)16-8-9-20-10-14(16)15(18)19/h4-7,11,14,17H,2-3,8-10H2,1H3,(H,18,19). The fourth-order valence-corrected chi connectivity index (χ4v) is 2.56.